The van der Waals surface area contributed by atoms with Crippen molar-refractivity contribution >= 4 is 21.7 Å². The maximum atomic E-state index is 12.6. The van der Waals surface area contributed by atoms with Gasteiger partial charge in [0.25, 0.3) is 0 Å². The van der Waals surface area contributed by atoms with E-state index in [2.05, 4.69) is 4.84 Å². The van der Waals surface area contributed by atoms with Gasteiger partial charge in [0.1, 0.15) is 22.1 Å². The minimum absolute atomic E-state index is 0.122. The Balaban J connectivity index is 2.24. The van der Waals surface area contributed by atoms with E-state index in [1.165, 1.54) is 31.4 Å². The Labute approximate surface area is 157 Å². The van der Waals surface area contributed by atoms with Crippen molar-refractivity contribution in [3.8, 4) is 17.2 Å². The van der Waals surface area contributed by atoms with Crippen molar-refractivity contribution in [3.63, 3.8) is 0 Å². The van der Waals surface area contributed by atoms with Crippen LogP contribution in [0, 0.1) is 6.92 Å². The fourth-order valence-corrected chi connectivity index (χ4v) is 3.54. The summed E-state index contributed by atoms with van der Waals surface area (Å²) in [6, 6.07) is 9.11. The third-order valence-corrected chi connectivity index (χ3v) is 4.81. The largest absolute Gasteiger partial charge is 0.495 e. The summed E-state index contributed by atoms with van der Waals surface area (Å²) in [4.78, 5) is 4.31. The molecule has 0 aliphatic rings. The summed E-state index contributed by atoms with van der Waals surface area (Å²) in [5, 5.41) is 0.253. The van der Waals surface area contributed by atoms with Crippen LogP contribution >= 0.6 is 11.6 Å². The van der Waals surface area contributed by atoms with Crippen LogP contribution in [0.4, 0.5) is 0 Å². The van der Waals surface area contributed by atoms with Crippen LogP contribution in [0.3, 0.4) is 0 Å². The average molecular weight is 402 g/mol. The van der Waals surface area contributed by atoms with E-state index in [1.807, 2.05) is 0 Å². The van der Waals surface area contributed by atoms with Crippen LogP contribution in [0.5, 0.6) is 17.2 Å². The molecule has 26 heavy (non-hydrogen) atoms. The number of methoxy groups -OCH3 is 1. The number of hydrogen-bond acceptors (Lipinski definition) is 7. The second-order valence-corrected chi connectivity index (χ2v) is 7.34. The molecule has 0 spiro atoms. The van der Waals surface area contributed by atoms with Crippen molar-refractivity contribution in [1.29, 1.82) is 0 Å². The first kappa shape index (κ1) is 20.3. The lowest BCUT2D eigenvalue weighted by Crippen LogP contribution is -2.11. The summed E-state index contributed by atoms with van der Waals surface area (Å²) >= 11 is 5.90. The second kappa shape index (κ2) is 9.09. The molecule has 2 aromatic carbocycles. The molecule has 7 nitrogen and oxygen atoms in total. The van der Waals surface area contributed by atoms with Gasteiger partial charge in [-0.3, -0.25) is 0 Å². The van der Waals surface area contributed by atoms with E-state index in [0.717, 1.165) is 5.56 Å². The van der Waals surface area contributed by atoms with Gasteiger partial charge in [-0.2, -0.15) is 8.42 Å². The maximum Gasteiger partial charge on any atom is 0.342 e. The molecule has 0 aliphatic carbocycles. The van der Waals surface area contributed by atoms with Crippen LogP contribution < -0.4 is 19.6 Å². The van der Waals surface area contributed by atoms with Gasteiger partial charge >= 0.3 is 10.1 Å². The quantitative estimate of drug-likeness (QED) is 0.391. The molecule has 0 atom stereocenters. The van der Waals surface area contributed by atoms with E-state index in [-0.39, 0.29) is 21.4 Å². The van der Waals surface area contributed by atoms with Crippen molar-refractivity contribution < 1.29 is 26.9 Å². The van der Waals surface area contributed by atoms with E-state index >= 15 is 0 Å². The lowest BCUT2D eigenvalue weighted by Gasteiger charge is -2.13. The van der Waals surface area contributed by atoms with Crippen molar-refractivity contribution in [1.82, 2.24) is 0 Å². The lowest BCUT2D eigenvalue weighted by molar-refractivity contribution is 0.122. The molecule has 0 radical (unpaired) electrons. The molecule has 0 heterocycles. The molecule has 2 aromatic rings. The highest BCUT2D eigenvalue weighted by Gasteiger charge is 2.23. The number of halogens is 1. The Kier molecular flexibility index (Phi) is 7.10. The first-order chi connectivity index (χ1) is 12.4. The van der Waals surface area contributed by atoms with Crippen molar-refractivity contribution in [2.75, 3.05) is 20.3 Å². The molecule has 9 heteroatoms. The van der Waals surface area contributed by atoms with Gasteiger partial charge in [0, 0.05) is 17.5 Å². The van der Waals surface area contributed by atoms with E-state index in [9.17, 15) is 8.42 Å². The third kappa shape index (κ3) is 5.50. The van der Waals surface area contributed by atoms with E-state index in [1.54, 1.807) is 19.1 Å². The second-order valence-electron chi connectivity index (χ2n) is 5.39. The zero-order chi connectivity index (χ0) is 19.2. The predicted molar refractivity (Wildman–Crippen MR) is 97.2 cm³/mol. The molecule has 0 amide bonds. The Morgan fingerprint density at radius 3 is 2.50 bits per heavy atom. The number of nitrogens with two attached hydrogens (primary N) is 1. The first-order valence-corrected chi connectivity index (χ1v) is 9.48. The summed E-state index contributed by atoms with van der Waals surface area (Å²) in [5.41, 5.74) is 0.779. The fraction of sp³-hybridized carbons (Fsp3) is 0.294. The van der Waals surface area contributed by atoms with Crippen LogP contribution in [0.15, 0.2) is 41.3 Å². The van der Waals surface area contributed by atoms with Crippen LogP contribution in [-0.4, -0.2) is 28.7 Å². The topological polar surface area (TPSA) is 97.1 Å². The summed E-state index contributed by atoms with van der Waals surface area (Å²) in [6.45, 7) is 2.53. The summed E-state index contributed by atoms with van der Waals surface area (Å²) < 4.78 is 41.1. The molecule has 2 N–H and O–H groups in total. The van der Waals surface area contributed by atoms with Gasteiger partial charge in [-0.15, -0.1) is 0 Å². The minimum atomic E-state index is -4.14. The molecular formula is C17H20ClNO6S. The molecular weight excluding hydrogens is 382 g/mol. The van der Waals surface area contributed by atoms with E-state index in [0.29, 0.717) is 25.4 Å². The lowest BCUT2D eigenvalue weighted by atomic mass is 10.2. The van der Waals surface area contributed by atoms with Gasteiger partial charge in [-0.05, 0) is 42.8 Å². The van der Waals surface area contributed by atoms with Gasteiger partial charge < -0.3 is 18.5 Å². The monoisotopic (exact) mass is 401 g/mol. The third-order valence-electron chi connectivity index (χ3n) is 3.30. The van der Waals surface area contributed by atoms with Crippen molar-refractivity contribution in [2.45, 2.75) is 18.2 Å². The standard InChI is InChI=1S/C17H20ClNO6S/c1-12-8-14(23-6-3-7-24-19)11-15(9-12)25-26(20,21)17-10-13(18)4-5-16(17)22-2/h4-5,8-11H,3,6-7,19H2,1-2H3. The Morgan fingerprint density at radius 1 is 1.08 bits per heavy atom. The first-order valence-electron chi connectivity index (χ1n) is 7.70. The molecule has 0 aliphatic heterocycles. The van der Waals surface area contributed by atoms with E-state index < -0.39 is 10.1 Å². The number of rotatable bonds is 9. The average Bonchev–Trinajstić information content (AvgIpc) is 2.58. The Hall–Kier alpha value is -2.00. The highest BCUT2D eigenvalue weighted by Crippen LogP contribution is 2.31. The van der Waals surface area contributed by atoms with E-state index in [4.69, 9.17) is 31.2 Å². The number of ether oxygens (including phenoxy) is 2. The summed E-state index contributed by atoms with van der Waals surface area (Å²) in [6.07, 6.45) is 0.596. The van der Waals surface area contributed by atoms with Crippen LogP contribution in [0.2, 0.25) is 5.02 Å². The Bertz CT molecular complexity index is 856. The minimum Gasteiger partial charge on any atom is -0.495 e. The maximum absolute atomic E-state index is 12.6. The predicted octanol–water partition coefficient (Wildman–Crippen LogP) is 3.08. The summed E-state index contributed by atoms with van der Waals surface area (Å²) in [5.74, 6) is 5.69. The number of benzene rings is 2. The SMILES string of the molecule is COc1ccc(Cl)cc1S(=O)(=O)Oc1cc(C)cc(OCCCON)c1. The van der Waals surface area contributed by atoms with Gasteiger partial charge in [-0.1, -0.05) is 11.6 Å². The van der Waals surface area contributed by atoms with Gasteiger partial charge in [0.05, 0.1) is 20.3 Å². The van der Waals surface area contributed by atoms with Gasteiger partial charge in [-0.25, -0.2) is 5.90 Å². The zero-order valence-electron chi connectivity index (χ0n) is 14.4. The molecule has 0 saturated heterocycles. The number of hydrogen-bond donors (Lipinski definition) is 1. The fourth-order valence-electron chi connectivity index (χ4n) is 2.20. The summed E-state index contributed by atoms with van der Waals surface area (Å²) in [7, 11) is -2.78. The molecule has 0 bridgehead atoms. The molecule has 0 saturated carbocycles. The van der Waals surface area contributed by atoms with Crippen molar-refractivity contribution in [3.05, 3.63) is 47.0 Å². The molecule has 0 unspecified atom stereocenters. The van der Waals surface area contributed by atoms with Gasteiger partial charge in [0.2, 0.25) is 0 Å². The van der Waals surface area contributed by atoms with Gasteiger partial charge in [0.15, 0.2) is 0 Å². The molecule has 0 fully saturated rings. The highest BCUT2D eigenvalue weighted by molar-refractivity contribution is 7.87. The molecule has 142 valence electrons. The highest BCUT2D eigenvalue weighted by atomic mass is 35.5. The molecule has 0 aromatic heterocycles. The Morgan fingerprint density at radius 2 is 1.81 bits per heavy atom. The van der Waals surface area contributed by atoms with Crippen molar-refractivity contribution in [2.24, 2.45) is 5.90 Å². The smallest absolute Gasteiger partial charge is 0.342 e. The van der Waals surface area contributed by atoms with Crippen LogP contribution in [0.1, 0.15) is 12.0 Å². The van der Waals surface area contributed by atoms with Crippen LogP contribution in [-0.2, 0) is 15.0 Å². The zero-order valence-corrected chi connectivity index (χ0v) is 16.0. The van der Waals surface area contributed by atoms with Crippen LogP contribution in [0.25, 0.3) is 0 Å². The molecule has 2 rings (SSSR count). The number of aryl methyl sites for hydroxylation is 1. The normalized spacial score (nSPS) is 11.2.